The minimum Gasteiger partial charge on any atom is -0.339 e. The highest BCUT2D eigenvalue weighted by atomic mass is 35.5. The number of benzene rings is 1. The molecular formula is C16H24ClN5O. The van der Waals surface area contributed by atoms with E-state index in [4.69, 9.17) is 0 Å². The molecule has 1 aromatic heterocycles. The normalized spacial score (nSPS) is 15.7. The lowest BCUT2D eigenvalue weighted by molar-refractivity contribution is 0.0690. The summed E-state index contributed by atoms with van der Waals surface area (Å²) in [7, 11) is 1.85. The predicted octanol–water partition coefficient (Wildman–Crippen LogP) is 1.85. The lowest BCUT2D eigenvalue weighted by Gasteiger charge is -2.32. The lowest BCUT2D eigenvalue weighted by Crippen LogP contribution is -2.40. The minimum atomic E-state index is 0. The van der Waals surface area contributed by atoms with Crippen LogP contribution in [0.2, 0.25) is 0 Å². The molecule has 2 heterocycles. The number of nitrogens with zero attached hydrogens (tertiary/aromatic N) is 4. The molecule has 0 unspecified atom stereocenters. The van der Waals surface area contributed by atoms with Crippen molar-refractivity contribution in [3.8, 4) is 0 Å². The van der Waals surface area contributed by atoms with Gasteiger partial charge in [-0.2, -0.15) is 0 Å². The van der Waals surface area contributed by atoms with Crippen molar-refractivity contribution in [3.05, 3.63) is 23.8 Å². The van der Waals surface area contributed by atoms with Crippen molar-refractivity contribution >= 4 is 29.3 Å². The number of fused-ring (bicyclic) bond motifs is 1. The van der Waals surface area contributed by atoms with Gasteiger partial charge in [0.05, 0.1) is 5.52 Å². The van der Waals surface area contributed by atoms with Crippen LogP contribution in [0.4, 0.5) is 0 Å². The average molecular weight is 338 g/mol. The van der Waals surface area contributed by atoms with Crippen LogP contribution < -0.4 is 5.32 Å². The number of likely N-dealkylation sites (tertiary alicyclic amines) is 1. The van der Waals surface area contributed by atoms with Crippen molar-refractivity contribution in [1.82, 2.24) is 25.2 Å². The summed E-state index contributed by atoms with van der Waals surface area (Å²) < 4.78 is 1.72. The summed E-state index contributed by atoms with van der Waals surface area (Å²) in [5.41, 5.74) is 2.43. The van der Waals surface area contributed by atoms with E-state index in [2.05, 4.69) is 22.6 Å². The zero-order valence-electron chi connectivity index (χ0n) is 13.7. The van der Waals surface area contributed by atoms with Crippen molar-refractivity contribution in [2.45, 2.75) is 19.8 Å². The standard InChI is InChI=1S/C16H23N5O.ClH/c1-3-17-11-12-6-8-21(9-7-12)16(22)13-4-5-15-14(10-13)18-19-20(15)2;/h4-5,10,12,17H,3,6-9,11H2,1-2H3;1H. The van der Waals surface area contributed by atoms with Crippen LogP contribution in [0.3, 0.4) is 0 Å². The molecule has 2 aromatic rings. The topological polar surface area (TPSA) is 63.1 Å². The van der Waals surface area contributed by atoms with E-state index in [1.807, 2.05) is 30.1 Å². The molecule has 1 aliphatic heterocycles. The number of carbonyl (C=O) groups excluding carboxylic acids is 1. The molecular weight excluding hydrogens is 314 g/mol. The number of hydrogen-bond acceptors (Lipinski definition) is 4. The first-order valence-electron chi connectivity index (χ1n) is 7.98. The van der Waals surface area contributed by atoms with Crippen LogP contribution in [0, 0.1) is 5.92 Å². The Balaban J connectivity index is 0.00000192. The van der Waals surface area contributed by atoms with Gasteiger partial charge in [-0.1, -0.05) is 12.1 Å². The molecule has 126 valence electrons. The Morgan fingerprint density at radius 1 is 1.35 bits per heavy atom. The average Bonchev–Trinajstić information content (AvgIpc) is 2.93. The summed E-state index contributed by atoms with van der Waals surface area (Å²) in [6.07, 6.45) is 2.15. The molecule has 0 spiro atoms. The van der Waals surface area contributed by atoms with Crippen LogP contribution in [0.25, 0.3) is 11.0 Å². The largest absolute Gasteiger partial charge is 0.339 e. The van der Waals surface area contributed by atoms with E-state index >= 15 is 0 Å². The third kappa shape index (κ3) is 3.82. The molecule has 1 amide bonds. The van der Waals surface area contributed by atoms with E-state index in [-0.39, 0.29) is 18.3 Å². The molecule has 6 nitrogen and oxygen atoms in total. The van der Waals surface area contributed by atoms with Crippen LogP contribution in [0.15, 0.2) is 18.2 Å². The smallest absolute Gasteiger partial charge is 0.253 e. The number of carbonyl (C=O) groups is 1. The molecule has 0 radical (unpaired) electrons. The zero-order valence-corrected chi connectivity index (χ0v) is 14.5. The zero-order chi connectivity index (χ0) is 15.5. The van der Waals surface area contributed by atoms with Gasteiger partial charge in [0.15, 0.2) is 0 Å². The highest BCUT2D eigenvalue weighted by molar-refractivity contribution is 5.97. The van der Waals surface area contributed by atoms with Crippen molar-refractivity contribution in [2.24, 2.45) is 13.0 Å². The second kappa shape index (κ2) is 7.75. The number of aryl methyl sites for hydroxylation is 1. The second-order valence-electron chi connectivity index (χ2n) is 5.96. The van der Waals surface area contributed by atoms with E-state index in [1.54, 1.807) is 4.68 Å². The van der Waals surface area contributed by atoms with E-state index < -0.39 is 0 Å². The summed E-state index contributed by atoms with van der Waals surface area (Å²) in [5.74, 6) is 0.793. The fourth-order valence-electron chi connectivity index (χ4n) is 3.04. The van der Waals surface area contributed by atoms with Crippen molar-refractivity contribution < 1.29 is 4.79 Å². The number of halogens is 1. The first-order valence-corrected chi connectivity index (χ1v) is 7.98. The molecule has 0 bridgehead atoms. The van der Waals surface area contributed by atoms with Crippen LogP contribution in [-0.4, -0.2) is 52.0 Å². The van der Waals surface area contributed by atoms with Gasteiger partial charge in [0, 0.05) is 25.7 Å². The molecule has 23 heavy (non-hydrogen) atoms. The fourth-order valence-corrected chi connectivity index (χ4v) is 3.04. The van der Waals surface area contributed by atoms with Crippen LogP contribution in [-0.2, 0) is 7.05 Å². The molecule has 1 aromatic carbocycles. The molecule has 7 heteroatoms. The Labute approximate surface area is 142 Å². The van der Waals surface area contributed by atoms with Crippen LogP contribution >= 0.6 is 12.4 Å². The van der Waals surface area contributed by atoms with Gasteiger partial charge in [-0.3, -0.25) is 4.79 Å². The number of piperidine rings is 1. The van der Waals surface area contributed by atoms with Crippen molar-refractivity contribution in [2.75, 3.05) is 26.2 Å². The van der Waals surface area contributed by atoms with Gasteiger partial charge in [0.25, 0.3) is 5.91 Å². The Hall–Kier alpha value is -1.66. The Morgan fingerprint density at radius 3 is 2.78 bits per heavy atom. The highest BCUT2D eigenvalue weighted by Crippen LogP contribution is 2.20. The van der Waals surface area contributed by atoms with Crippen molar-refractivity contribution in [3.63, 3.8) is 0 Å². The second-order valence-corrected chi connectivity index (χ2v) is 5.96. The third-order valence-corrected chi connectivity index (χ3v) is 4.44. The van der Waals surface area contributed by atoms with Crippen LogP contribution in [0.1, 0.15) is 30.1 Å². The summed E-state index contributed by atoms with van der Waals surface area (Å²) in [5, 5.41) is 11.5. The summed E-state index contributed by atoms with van der Waals surface area (Å²) in [6, 6.07) is 5.63. The maximum atomic E-state index is 12.6. The van der Waals surface area contributed by atoms with Gasteiger partial charge in [0.1, 0.15) is 5.52 Å². The summed E-state index contributed by atoms with van der Waals surface area (Å²) >= 11 is 0. The van der Waals surface area contributed by atoms with E-state index in [0.29, 0.717) is 11.5 Å². The number of aromatic nitrogens is 3. The number of rotatable bonds is 4. The molecule has 1 N–H and O–H groups in total. The monoisotopic (exact) mass is 337 g/mol. The summed E-state index contributed by atoms with van der Waals surface area (Å²) in [4.78, 5) is 14.6. The first-order chi connectivity index (χ1) is 10.7. The molecule has 0 atom stereocenters. The number of hydrogen-bond donors (Lipinski definition) is 1. The quantitative estimate of drug-likeness (QED) is 0.925. The third-order valence-electron chi connectivity index (χ3n) is 4.44. The Morgan fingerprint density at radius 2 is 2.09 bits per heavy atom. The highest BCUT2D eigenvalue weighted by Gasteiger charge is 2.23. The minimum absolute atomic E-state index is 0. The molecule has 1 saturated heterocycles. The van der Waals surface area contributed by atoms with Gasteiger partial charge in [-0.05, 0) is 50.0 Å². The Kier molecular flexibility index (Phi) is 5.96. The molecule has 1 aliphatic rings. The lowest BCUT2D eigenvalue weighted by atomic mass is 9.96. The van der Waals surface area contributed by atoms with E-state index in [9.17, 15) is 4.79 Å². The van der Waals surface area contributed by atoms with Gasteiger partial charge in [-0.25, -0.2) is 4.68 Å². The first kappa shape index (κ1) is 17.7. The summed E-state index contributed by atoms with van der Waals surface area (Å²) in [6.45, 7) is 5.88. The SMILES string of the molecule is CCNCC1CCN(C(=O)c2ccc3c(c2)nnn3C)CC1.Cl. The maximum Gasteiger partial charge on any atom is 0.253 e. The molecule has 3 rings (SSSR count). The molecule has 1 fully saturated rings. The predicted molar refractivity (Wildman–Crippen MR) is 92.9 cm³/mol. The molecule has 0 saturated carbocycles. The Bertz CT molecular complexity index is 664. The fraction of sp³-hybridized carbons (Fsp3) is 0.562. The van der Waals surface area contributed by atoms with Gasteiger partial charge in [-0.15, -0.1) is 17.5 Å². The van der Waals surface area contributed by atoms with Gasteiger partial charge >= 0.3 is 0 Å². The maximum absolute atomic E-state index is 12.6. The number of nitrogens with one attached hydrogen (secondary N) is 1. The van der Waals surface area contributed by atoms with Crippen LogP contribution in [0.5, 0.6) is 0 Å². The van der Waals surface area contributed by atoms with Crippen molar-refractivity contribution in [1.29, 1.82) is 0 Å². The van der Waals surface area contributed by atoms with Gasteiger partial charge < -0.3 is 10.2 Å². The van der Waals surface area contributed by atoms with E-state index in [0.717, 1.165) is 50.1 Å². The van der Waals surface area contributed by atoms with E-state index in [1.165, 1.54) is 0 Å². The number of amides is 1. The molecule has 0 aliphatic carbocycles. The van der Waals surface area contributed by atoms with Gasteiger partial charge in [0.2, 0.25) is 0 Å².